The highest BCUT2D eigenvalue weighted by Gasteiger charge is 2.18. The van der Waals surface area contributed by atoms with Crippen LogP contribution in [-0.2, 0) is 0 Å². The first-order chi connectivity index (χ1) is 10.1. The van der Waals surface area contributed by atoms with Crippen molar-refractivity contribution in [3.8, 4) is 0 Å². The maximum Gasteiger partial charge on any atom is 0.157 e. The number of halogens is 2. The molecule has 1 aromatic heterocycles. The van der Waals surface area contributed by atoms with Crippen LogP contribution in [0, 0.1) is 6.92 Å². The van der Waals surface area contributed by atoms with Crippen LogP contribution in [0.15, 0.2) is 35.6 Å². The molecule has 108 valence electrons. The number of aryl methyl sites for hydroxylation is 1. The fraction of sp³-hybridized carbons (Fsp3) is 0.214. The maximum atomic E-state index is 6.04. The lowest BCUT2D eigenvalue weighted by molar-refractivity contribution is 0.858. The molecule has 0 saturated carbocycles. The SMILES string of the molecule is Cc1cc(N=C2CCN(c3ccc(Cl)c(Cl)c3)N2)ncn1. The Morgan fingerprint density at radius 3 is 2.81 bits per heavy atom. The van der Waals surface area contributed by atoms with E-state index >= 15 is 0 Å². The van der Waals surface area contributed by atoms with Crippen molar-refractivity contribution < 1.29 is 0 Å². The molecule has 0 unspecified atom stereocenters. The molecule has 0 atom stereocenters. The largest absolute Gasteiger partial charge is 0.286 e. The summed E-state index contributed by atoms with van der Waals surface area (Å²) in [5.74, 6) is 1.51. The number of hydrogen-bond donors (Lipinski definition) is 1. The van der Waals surface area contributed by atoms with Crippen LogP contribution in [0.2, 0.25) is 10.0 Å². The van der Waals surface area contributed by atoms with Gasteiger partial charge < -0.3 is 0 Å². The van der Waals surface area contributed by atoms with Crippen molar-refractivity contribution >= 4 is 40.5 Å². The molecule has 0 bridgehead atoms. The highest BCUT2D eigenvalue weighted by atomic mass is 35.5. The van der Waals surface area contributed by atoms with E-state index in [1.165, 1.54) is 6.33 Å². The van der Waals surface area contributed by atoms with E-state index in [0.717, 1.165) is 30.2 Å². The third-order valence-corrected chi connectivity index (χ3v) is 3.83. The second-order valence-corrected chi connectivity index (χ2v) is 5.50. The lowest BCUT2D eigenvalue weighted by Crippen LogP contribution is -2.33. The lowest BCUT2D eigenvalue weighted by atomic mass is 10.3. The summed E-state index contributed by atoms with van der Waals surface area (Å²) in [6.07, 6.45) is 2.32. The van der Waals surface area contributed by atoms with Gasteiger partial charge in [-0.3, -0.25) is 10.4 Å². The van der Waals surface area contributed by atoms with E-state index in [1.54, 1.807) is 6.07 Å². The van der Waals surface area contributed by atoms with E-state index in [-0.39, 0.29) is 0 Å². The summed E-state index contributed by atoms with van der Waals surface area (Å²) < 4.78 is 0. The highest BCUT2D eigenvalue weighted by molar-refractivity contribution is 6.42. The van der Waals surface area contributed by atoms with Crippen LogP contribution in [0.1, 0.15) is 12.1 Å². The van der Waals surface area contributed by atoms with Crippen molar-refractivity contribution in [2.24, 2.45) is 4.99 Å². The smallest absolute Gasteiger partial charge is 0.157 e. The standard InChI is InChI=1S/C14H13Cl2N5/c1-9-6-14(18-8-17-9)19-13-4-5-21(20-13)10-2-3-11(15)12(16)7-10/h2-3,6-8H,4-5H2,1H3,(H,17,18,19,20). The van der Waals surface area contributed by atoms with E-state index in [0.29, 0.717) is 15.9 Å². The fourth-order valence-electron chi connectivity index (χ4n) is 2.05. The van der Waals surface area contributed by atoms with Crippen LogP contribution in [0.4, 0.5) is 11.5 Å². The zero-order chi connectivity index (χ0) is 14.8. The average Bonchev–Trinajstić information content (AvgIpc) is 2.90. The number of hydrazine groups is 1. The predicted molar refractivity (Wildman–Crippen MR) is 85.4 cm³/mol. The summed E-state index contributed by atoms with van der Waals surface area (Å²) >= 11 is 12.0. The highest BCUT2D eigenvalue weighted by Crippen LogP contribution is 2.27. The minimum Gasteiger partial charge on any atom is -0.286 e. The van der Waals surface area contributed by atoms with Crippen LogP contribution in [0.25, 0.3) is 0 Å². The molecule has 0 spiro atoms. The molecular formula is C14H13Cl2N5. The van der Waals surface area contributed by atoms with Gasteiger partial charge in [-0.05, 0) is 25.1 Å². The summed E-state index contributed by atoms with van der Waals surface area (Å²) in [7, 11) is 0. The van der Waals surface area contributed by atoms with Gasteiger partial charge in [-0.1, -0.05) is 23.2 Å². The number of rotatable bonds is 2. The Morgan fingerprint density at radius 2 is 2.05 bits per heavy atom. The van der Waals surface area contributed by atoms with Gasteiger partial charge in [0.05, 0.1) is 15.7 Å². The molecule has 1 N–H and O–H groups in total. The summed E-state index contributed by atoms with van der Waals surface area (Å²) in [6, 6.07) is 7.37. The first-order valence-corrected chi connectivity index (χ1v) is 7.23. The molecule has 3 rings (SSSR count). The molecule has 21 heavy (non-hydrogen) atoms. The molecule has 0 amide bonds. The minimum atomic E-state index is 0.535. The molecular weight excluding hydrogens is 309 g/mol. The quantitative estimate of drug-likeness (QED) is 0.919. The van der Waals surface area contributed by atoms with E-state index in [4.69, 9.17) is 23.2 Å². The van der Waals surface area contributed by atoms with E-state index in [1.807, 2.05) is 30.1 Å². The van der Waals surface area contributed by atoms with E-state index in [2.05, 4.69) is 20.4 Å². The summed E-state index contributed by atoms with van der Waals surface area (Å²) in [6.45, 7) is 2.72. The third kappa shape index (κ3) is 3.25. The van der Waals surface area contributed by atoms with Crippen LogP contribution < -0.4 is 10.4 Å². The van der Waals surface area contributed by atoms with Crippen molar-refractivity contribution in [1.29, 1.82) is 0 Å². The molecule has 1 aliphatic heterocycles. The summed E-state index contributed by atoms with van der Waals surface area (Å²) in [5, 5.41) is 3.06. The topological polar surface area (TPSA) is 53.4 Å². The van der Waals surface area contributed by atoms with Gasteiger partial charge in [0.2, 0.25) is 0 Å². The molecule has 2 heterocycles. The molecule has 2 aromatic rings. The Balaban J connectivity index is 1.77. The number of aliphatic imine (C=N–C) groups is 1. The Kier molecular flexibility index (Phi) is 3.94. The first-order valence-electron chi connectivity index (χ1n) is 6.47. The lowest BCUT2D eigenvalue weighted by Gasteiger charge is -2.18. The van der Waals surface area contributed by atoms with Gasteiger partial charge in [0.15, 0.2) is 5.82 Å². The van der Waals surface area contributed by atoms with Crippen molar-refractivity contribution in [3.05, 3.63) is 46.3 Å². The van der Waals surface area contributed by atoms with Gasteiger partial charge in [-0.25, -0.2) is 15.0 Å². The maximum absolute atomic E-state index is 6.04. The van der Waals surface area contributed by atoms with Crippen molar-refractivity contribution in [3.63, 3.8) is 0 Å². The number of nitrogens with one attached hydrogen (secondary N) is 1. The Labute approximate surface area is 132 Å². The first kappa shape index (κ1) is 14.1. The molecule has 1 saturated heterocycles. The number of hydrogen-bond acceptors (Lipinski definition) is 4. The molecule has 1 fully saturated rings. The molecule has 7 heteroatoms. The number of anilines is 1. The normalized spacial score (nSPS) is 16.3. The fourth-order valence-corrected chi connectivity index (χ4v) is 2.34. The van der Waals surface area contributed by atoms with Crippen LogP contribution in [0.5, 0.6) is 0 Å². The summed E-state index contributed by atoms with van der Waals surface area (Å²) in [4.78, 5) is 12.7. The second kappa shape index (κ2) is 5.87. The Hall–Kier alpha value is -1.85. The molecule has 0 radical (unpaired) electrons. The molecule has 5 nitrogen and oxygen atoms in total. The van der Waals surface area contributed by atoms with Crippen LogP contribution >= 0.6 is 23.2 Å². The minimum absolute atomic E-state index is 0.535. The van der Waals surface area contributed by atoms with Gasteiger partial charge in [0.1, 0.15) is 12.2 Å². The van der Waals surface area contributed by atoms with Crippen molar-refractivity contribution in [1.82, 2.24) is 15.4 Å². The predicted octanol–water partition coefficient (Wildman–Crippen LogP) is 3.54. The van der Waals surface area contributed by atoms with Crippen LogP contribution in [-0.4, -0.2) is 22.3 Å². The van der Waals surface area contributed by atoms with E-state index < -0.39 is 0 Å². The van der Waals surface area contributed by atoms with Crippen LogP contribution in [0.3, 0.4) is 0 Å². The van der Waals surface area contributed by atoms with Gasteiger partial charge in [-0.2, -0.15) is 0 Å². The Morgan fingerprint density at radius 1 is 1.19 bits per heavy atom. The van der Waals surface area contributed by atoms with Gasteiger partial charge in [0.25, 0.3) is 0 Å². The van der Waals surface area contributed by atoms with Crippen molar-refractivity contribution in [2.75, 3.05) is 11.6 Å². The number of aromatic nitrogens is 2. The molecule has 0 aliphatic carbocycles. The van der Waals surface area contributed by atoms with Gasteiger partial charge in [-0.15, -0.1) is 0 Å². The monoisotopic (exact) mass is 321 g/mol. The zero-order valence-electron chi connectivity index (χ0n) is 11.3. The average molecular weight is 322 g/mol. The Bertz CT molecular complexity index is 702. The number of amidine groups is 1. The van der Waals surface area contributed by atoms with Crippen molar-refractivity contribution in [2.45, 2.75) is 13.3 Å². The van der Waals surface area contributed by atoms with E-state index in [9.17, 15) is 0 Å². The summed E-state index contributed by atoms with van der Waals surface area (Å²) in [5.41, 5.74) is 5.09. The van der Waals surface area contributed by atoms with Gasteiger partial charge in [0, 0.05) is 24.7 Å². The molecule has 1 aliphatic rings. The zero-order valence-corrected chi connectivity index (χ0v) is 12.9. The number of nitrogens with zero attached hydrogens (tertiary/aromatic N) is 4. The second-order valence-electron chi connectivity index (χ2n) is 4.69. The molecule has 1 aromatic carbocycles. The number of benzene rings is 1. The third-order valence-electron chi connectivity index (χ3n) is 3.09. The van der Waals surface area contributed by atoms with Gasteiger partial charge >= 0.3 is 0 Å².